The highest BCUT2D eigenvalue weighted by atomic mass is 32.1. The van der Waals surface area contributed by atoms with Crippen LogP contribution >= 0.6 is 11.3 Å². The fraction of sp³-hybridized carbons (Fsp3) is 0.360. The topological polar surface area (TPSA) is 75.1 Å². The maximum atomic E-state index is 13.1. The predicted molar refractivity (Wildman–Crippen MR) is 131 cm³/mol. The zero-order valence-corrected chi connectivity index (χ0v) is 20.7. The van der Waals surface area contributed by atoms with Gasteiger partial charge in [0.2, 0.25) is 5.76 Å². The molecule has 0 saturated carbocycles. The minimum absolute atomic E-state index is 0.0429. The first kappa shape index (κ1) is 25.9. The van der Waals surface area contributed by atoms with Crippen LogP contribution in [0.4, 0.5) is 18.3 Å². The van der Waals surface area contributed by atoms with Crippen molar-refractivity contribution < 1.29 is 32.5 Å². The summed E-state index contributed by atoms with van der Waals surface area (Å²) < 4.78 is 50.7. The molecule has 7 nitrogen and oxygen atoms in total. The lowest BCUT2D eigenvalue weighted by Gasteiger charge is -2.41. The van der Waals surface area contributed by atoms with E-state index in [0.717, 1.165) is 23.3 Å². The molecule has 1 saturated heterocycles. The van der Waals surface area contributed by atoms with Gasteiger partial charge in [0.15, 0.2) is 5.13 Å². The standard InChI is InChI=1S/C25H26F3N3O4S/c1-15-8-17(10-20(9-15)35-16(2)23(32)33)12-30-6-7-31(19(13-30)14-34-3)24-29-21-5-4-18(25(26,27)28)11-22(21)36-24/h4-5,8-11,19H,2,6-7,12-14H2,1,3H3,(H,32,33)/t19-/m0/s1. The van der Waals surface area contributed by atoms with Gasteiger partial charge in [0.1, 0.15) is 5.75 Å². The third-order valence-electron chi connectivity index (χ3n) is 5.87. The Balaban J connectivity index is 1.50. The number of aliphatic carboxylic acids is 1. The molecular weight excluding hydrogens is 495 g/mol. The molecule has 2 heterocycles. The van der Waals surface area contributed by atoms with Crippen molar-refractivity contribution in [2.24, 2.45) is 0 Å². The lowest BCUT2D eigenvalue weighted by molar-refractivity contribution is -0.137. The summed E-state index contributed by atoms with van der Waals surface area (Å²) in [5.74, 6) is -1.16. The molecule has 0 unspecified atom stereocenters. The minimum Gasteiger partial charge on any atom is -0.475 e. The highest BCUT2D eigenvalue weighted by Gasteiger charge is 2.32. The smallest absolute Gasteiger partial charge is 0.416 e. The predicted octanol–water partition coefficient (Wildman–Crippen LogP) is 4.94. The van der Waals surface area contributed by atoms with Gasteiger partial charge >= 0.3 is 12.1 Å². The molecule has 0 radical (unpaired) electrons. The maximum Gasteiger partial charge on any atom is 0.416 e. The second-order valence-electron chi connectivity index (χ2n) is 8.70. The molecule has 1 aliphatic heterocycles. The van der Waals surface area contributed by atoms with E-state index < -0.39 is 17.7 Å². The van der Waals surface area contributed by atoms with Crippen molar-refractivity contribution in [2.75, 3.05) is 38.3 Å². The first-order valence-electron chi connectivity index (χ1n) is 11.2. The van der Waals surface area contributed by atoms with Gasteiger partial charge in [-0.2, -0.15) is 13.2 Å². The van der Waals surface area contributed by atoms with E-state index in [4.69, 9.17) is 14.6 Å². The van der Waals surface area contributed by atoms with Crippen LogP contribution in [-0.2, 0) is 22.3 Å². The number of ether oxygens (including phenoxy) is 2. The van der Waals surface area contributed by atoms with Gasteiger partial charge < -0.3 is 19.5 Å². The molecule has 0 bridgehead atoms. The average Bonchev–Trinajstić information content (AvgIpc) is 3.21. The molecule has 0 aliphatic carbocycles. The van der Waals surface area contributed by atoms with Gasteiger partial charge in [0.05, 0.1) is 28.4 Å². The molecule has 1 aromatic heterocycles. The third kappa shape index (κ3) is 5.97. The second-order valence-corrected chi connectivity index (χ2v) is 9.71. The molecule has 1 N–H and O–H groups in total. The third-order valence-corrected chi connectivity index (χ3v) is 6.93. The normalized spacial score (nSPS) is 16.9. The fourth-order valence-electron chi connectivity index (χ4n) is 4.28. The lowest BCUT2D eigenvalue weighted by Crippen LogP contribution is -2.54. The molecule has 36 heavy (non-hydrogen) atoms. The van der Waals surface area contributed by atoms with Gasteiger partial charge in [-0.3, -0.25) is 4.90 Å². The average molecular weight is 522 g/mol. The van der Waals surface area contributed by atoms with E-state index in [2.05, 4.69) is 21.4 Å². The number of hydrogen-bond acceptors (Lipinski definition) is 7. The van der Waals surface area contributed by atoms with Crippen LogP contribution in [0.2, 0.25) is 0 Å². The first-order chi connectivity index (χ1) is 17.0. The Bertz CT molecular complexity index is 1280. The maximum absolute atomic E-state index is 13.1. The van der Waals surface area contributed by atoms with E-state index in [9.17, 15) is 18.0 Å². The van der Waals surface area contributed by atoms with Crippen LogP contribution in [0.5, 0.6) is 5.75 Å². The number of carboxylic acid groups (broad SMARTS) is 1. The Morgan fingerprint density at radius 1 is 1.25 bits per heavy atom. The summed E-state index contributed by atoms with van der Waals surface area (Å²) in [6.45, 7) is 8.35. The van der Waals surface area contributed by atoms with Crippen LogP contribution < -0.4 is 9.64 Å². The quantitative estimate of drug-likeness (QED) is 0.333. The number of piperazine rings is 1. The van der Waals surface area contributed by atoms with Gasteiger partial charge in [-0.05, 0) is 55.0 Å². The molecular formula is C25H26F3N3O4S. The van der Waals surface area contributed by atoms with Gasteiger partial charge in [0, 0.05) is 33.3 Å². The number of benzene rings is 2. The van der Waals surface area contributed by atoms with Crippen LogP contribution in [0.25, 0.3) is 10.2 Å². The molecule has 0 amide bonds. The van der Waals surface area contributed by atoms with E-state index >= 15 is 0 Å². The molecule has 2 aromatic carbocycles. The van der Waals surface area contributed by atoms with E-state index in [1.807, 2.05) is 13.0 Å². The van der Waals surface area contributed by atoms with Crippen molar-refractivity contribution in [2.45, 2.75) is 25.7 Å². The number of nitrogens with zero attached hydrogens (tertiary/aromatic N) is 3. The van der Waals surface area contributed by atoms with Crippen LogP contribution in [-0.4, -0.2) is 60.4 Å². The molecule has 1 fully saturated rings. The number of methoxy groups -OCH3 is 1. The van der Waals surface area contributed by atoms with Crippen molar-refractivity contribution in [3.8, 4) is 5.75 Å². The Hall–Kier alpha value is -3.15. The summed E-state index contributed by atoms with van der Waals surface area (Å²) in [6, 6.07) is 9.14. The van der Waals surface area contributed by atoms with Crippen molar-refractivity contribution >= 4 is 32.7 Å². The van der Waals surface area contributed by atoms with E-state index in [0.29, 0.717) is 53.9 Å². The summed E-state index contributed by atoms with van der Waals surface area (Å²) >= 11 is 1.25. The molecule has 4 rings (SSSR count). The molecule has 3 aromatic rings. The number of alkyl halides is 3. The number of carbonyl (C=O) groups is 1. The first-order valence-corrected chi connectivity index (χ1v) is 12.0. The van der Waals surface area contributed by atoms with Crippen LogP contribution in [0.1, 0.15) is 16.7 Å². The molecule has 1 atom stereocenters. The van der Waals surface area contributed by atoms with Gasteiger partial charge in [-0.25, -0.2) is 9.78 Å². The zero-order valence-electron chi connectivity index (χ0n) is 19.8. The fourth-order valence-corrected chi connectivity index (χ4v) is 5.38. The Morgan fingerprint density at radius 3 is 2.72 bits per heavy atom. The molecule has 0 spiro atoms. The summed E-state index contributed by atoms with van der Waals surface area (Å²) in [6.07, 6.45) is -4.40. The monoisotopic (exact) mass is 521 g/mol. The second kappa shape index (κ2) is 10.5. The zero-order chi connectivity index (χ0) is 26.0. The summed E-state index contributed by atoms with van der Waals surface area (Å²) in [4.78, 5) is 20.0. The highest BCUT2D eigenvalue weighted by molar-refractivity contribution is 7.22. The number of fused-ring (bicyclic) bond motifs is 1. The summed E-state index contributed by atoms with van der Waals surface area (Å²) in [5.41, 5.74) is 1.75. The Kier molecular flexibility index (Phi) is 7.53. The van der Waals surface area contributed by atoms with Crippen molar-refractivity contribution in [1.29, 1.82) is 0 Å². The highest BCUT2D eigenvalue weighted by Crippen LogP contribution is 2.36. The van der Waals surface area contributed by atoms with E-state index in [1.54, 1.807) is 19.2 Å². The number of anilines is 1. The van der Waals surface area contributed by atoms with Gasteiger partial charge in [0.25, 0.3) is 0 Å². The van der Waals surface area contributed by atoms with E-state index in [1.165, 1.54) is 17.4 Å². The number of aryl methyl sites for hydroxylation is 1. The number of rotatable bonds is 8. The van der Waals surface area contributed by atoms with Crippen molar-refractivity contribution in [3.05, 3.63) is 65.4 Å². The number of aromatic nitrogens is 1. The van der Waals surface area contributed by atoms with Crippen LogP contribution in [0.15, 0.2) is 48.7 Å². The largest absolute Gasteiger partial charge is 0.475 e. The number of carboxylic acids is 1. The summed E-state index contributed by atoms with van der Waals surface area (Å²) in [7, 11) is 1.62. The number of hydrogen-bond donors (Lipinski definition) is 1. The Labute approximate surface area is 210 Å². The molecule has 192 valence electrons. The number of thiazole rings is 1. The number of halogens is 3. The van der Waals surface area contributed by atoms with Crippen LogP contribution in [0.3, 0.4) is 0 Å². The summed E-state index contributed by atoms with van der Waals surface area (Å²) in [5, 5.41) is 9.70. The van der Waals surface area contributed by atoms with Crippen LogP contribution in [0, 0.1) is 6.92 Å². The van der Waals surface area contributed by atoms with Crippen molar-refractivity contribution in [1.82, 2.24) is 9.88 Å². The van der Waals surface area contributed by atoms with Gasteiger partial charge in [-0.1, -0.05) is 17.4 Å². The lowest BCUT2D eigenvalue weighted by atomic mass is 10.1. The van der Waals surface area contributed by atoms with E-state index in [-0.39, 0.29) is 11.8 Å². The van der Waals surface area contributed by atoms with Gasteiger partial charge in [-0.15, -0.1) is 0 Å². The Morgan fingerprint density at radius 2 is 2.03 bits per heavy atom. The molecule has 1 aliphatic rings. The minimum atomic E-state index is -4.40. The SMILES string of the molecule is C=C(Oc1cc(C)cc(CN2CCN(c3nc4ccc(C(F)(F)F)cc4s3)[C@H](COC)C2)c1)C(=O)O. The molecule has 11 heteroatoms. The van der Waals surface area contributed by atoms with Crippen molar-refractivity contribution in [3.63, 3.8) is 0 Å².